The van der Waals surface area contributed by atoms with Gasteiger partial charge < -0.3 is 14.2 Å². The molecule has 0 N–H and O–H groups in total. The van der Waals surface area contributed by atoms with Gasteiger partial charge in [0.1, 0.15) is 13.2 Å². The lowest BCUT2D eigenvalue weighted by molar-refractivity contribution is -0.167. The molecule has 0 bridgehead atoms. The summed E-state index contributed by atoms with van der Waals surface area (Å²) in [6.07, 6.45) is 91.3. The number of hydrogen-bond acceptors (Lipinski definition) is 6. The fourth-order valence-corrected chi connectivity index (χ4v) is 9.71. The molecule has 0 aromatic rings. The second-order valence-electron chi connectivity index (χ2n) is 22.7. The smallest absolute Gasteiger partial charge is 0.306 e. The molecule has 6 nitrogen and oxygen atoms in total. The van der Waals surface area contributed by atoms with E-state index in [4.69, 9.17) is 14.2 Å². The minimum Gasteiger partial charge on any atom is -0.462 e. The second-order valence-corrected chi connectivity index (χ2v) is 22.7. The summed E-state index contributed by atoms with van der Waals surface area (Å²) < 4.78 is 17.0. The maximum absolute atomic E-state index is 12.9. The fraction of sp³-hybridized carbons (Fsp3) is 0.743. The Morgan fingerprint density at radius 2 is 0.487 bits per heavy atom. The number of carbonyl (C=O) groups is 3. The summed E-state index contributed by atoms with van der Waals surface area (Å²) in [5.74, 6) is -0.906. The summed E-state index contributed by atoms with van der Waals surface area (Å²) in [7, 11) is 0. The van der Waals surface area contributed by atoms with Gasteiger partial charge in [0, 0.05) is 19.3 Å². The van der Waals surface area contributed by atoms with Crippen LogP contribution in [0.15, 0.2) is 97.2 Å². The lowest BCUT2D eigenvalue weighted by Gasteiger charge is -2.18. The van der Waals surface area contributed by atoms with Crippen molar-refractivity contribution < 1.29 is 28.6 Å². The molecule has 0 fully saturated rings. The van der Waals surface area contributed by atoms with E-state index >= 15 is 0 Å². The summed E-state index contributed by atoms with van der Waals surface area (Å²) in [5, 5.41) is 0. The third-order valence-corrected chi connectivity index (χ3v) is 14.8. The van der Waals surface area contributed by atoms with Crippen molar-refractivity contribution >= 4 is 17.9 Å². The number of unbranched alkanes of at least 4 members (excludes halogenated alkanes) is 35. The van der Waals surface area contributed by atoms with Gasteiger partial charge >= 0.3 is 17.9 Å². The van der Waals surface area contributed by atoms with E-state index < -0.39 is 6.10 Å². The lowest BCUT2D eigenvalue weighted by atomic mass is 10.0. The molecule has 0 saturated carbocycles. The largest absolute Gasteiger partial charge is 0.462 e. The van der Waals surface area contributed by atoms with E-state index in [1.54, 1.807) is 0 Å². The van der Waals surface area contributed by atoms with Crippen molar-refractivity contribution in [2.45, 2.75) is 341 Å². The van der Waals surface area contributed by atoms with Crippen molar-refractivity contribution in [1.82, 2.24) is 0 Å². The van der Waals surface area contributed by atoms with Crippen molar-refractivity contribution in [3.05, 3.63) is 97.2 Å². The van der Waals surface area contributed by atoms with E-state index in [0.717, 1.165) is 109 Å². The van der Waals surface area contributed by atoms with Crippen LogP contribution < -0.4 is 0 Å². The zero-order valence-electron chi connectivity index (χ0n) is 52.8. The molecule has 0 aromatic heterocycles. The lowest BCUT2D eigenvalue weighted by Crippen LogP contribution is -2.30. The molecule has 0 amide bonds. The minimum absolute atomic E-state index is 0.0860. The minimum atomic E-state index is -0.794. The first kappa shape index (κ1) is 76.3. The molecule has 0 aliphatic carbocycles. The third-order valence-electron chi connectivity index (χ3n) is 14.8. The fourth-order valence-electron chi connectivity index (χ4n) is 9.71. The normalized spacial score (nSPS) is 12.7. The summed E-state index contributed by atoms with van der Waals surface area (Å²) in [6.45, 7) is 6.54. The van der Waals surface area contributed by atoms with Gasteiger partial charge in [0.15, 0.2) is 6.10 Å². The average Bonchev–Trinajstić information content (AvgIpc) is 3.46. The first-order valence-corrected chi connectivity index (χ1v) is 34.2. The van der Waals surface area contributed by atoms with Crippen LogP contribution in [0.5, 0.6) is 0 Å². The van der Waals surface area contributed by atoms with E-state index in [1.807, 2.05) is 0 Å². The summed E-state index contributed by atoms with van der Waals surface area (Å²) in [5.41, 5.74) is 0. The van der Waals surface area contributed by atoms with E-state index in [1.165, 1.54) is 186 Å². The van der Waals surface area contributed by atoms with Crippen molar-refractivity contribution in [2.75, 3.05) is 13.2 Å². The number of allylic oxidation sites excluding steroid dienone is 16. The van der Waals surface area contributed by atoms with Gasteiger partial charge in [0.05, 0.1) is 0 Å². The van der Waals surface area contributed by atoms with Crippen molar-refractivity contribution in [3.8, 4) is 0 Å². The molecule has 460 valence electrons. The van der Waals surface area contributed by atoms with E-state index in [-0.39, 0.29) is 31.1 Å². The third kappa shape index (κ3) is 65.1. The number of hydrogen-bond donors (Lipinski definition) is 0. The molecule has 1 atom stereocenters. The molecule has 6 heteroatoms. The molecule has 80 heavy (non-hydrogen) atoms. The molecular formula is C74H128O6. The highest BCUT2D eigenvalue weighted by atomic mass is 16.6. The van der Waals surface area contributed by atoms with Gasteiger partial charge in [-0.3, -0.25) is 14.4 Å². The molecule has 0 aromatic carbocycles. The topological polar surface area (TPSA) is 78.9 Å². The Balaban J connectivity index is 4.43. The predicted molar refractivity (Wildman–Crippen MR) is 348 cm³/mol. The number of esters is 3. The van der Waals surface area contributed by atoms with Crippen molar-refractivity contribution in [2.24, 2.45) is 0 Å². The molecule has 0 radical (unpaired) electrons. The highest BCUT2D eigenvalue weighted by molar-refractivity contribution is 5.71. The van der Waals surface area contributed by atoms with Crippen LogP contribution in [-0.4, -0.2) is 37.2 Å². The first-order chi connectivity index (χ1) is 39.5. The van der Waals surface area contributed by atoms with Crippen molar-refractivity contribution in [1.29, 1.82) is 0 Å². The van der Waals surface area contributed by atoms with Crippen molar-refractivity contribution in [3.63, 3.8) is 0 Å². The van der Waals surface area contributed by atoms with Crippen LogP contribution in [0.1, 0.15) is 335 Å². The van der Waals surface area contributed by atoms with Crippen LogP contribution in [0.25, 0.3) is 0 Å². The van der Waals surface area contributed by atoms with Crippen LogP contribution in [-0.2, 0) is 28.6 Å². The van der Waals surface area contributed by atoms with Crippen LogP contribution >= 0.6 is 0 Å². The molecule has 0 rings (SSSR count). The van der Waals surface area contributed by atoms with Gasteiger partial charge in [-0.25, -0.2) is 0 Å². The Morgan fingerprint density at radius 3 is 0.787 bits per heavy atom. The summed E-state index contributed by atoms with van der Waals surface area (Å²) in [4.78, 5) is 38.4. The van der Waals surface area contributed by atoms with E-state index in [2.05, 4.69) is 118 Å². The van der Waals surface area contributed by atoms with Gasteiger partial charge in [-0.05, 0) is 103 Å². The molecular weight excluding hydrogens is 985 g/mol. The maximum atomic E-state index is 12.9. The van der Waals surface area contributed by atoms with Gasteiger partial charge in [0.2, 0.25) is 0 Å². The van der Waals surface area contributed by atoms with Gasteiger partial charge in [0.25, 0.3) is 0 Å². The molecule has 0 heterocycles. The van der Waals surface area contributed by atoms with E-state index in [0.29, 0.717) is 19.3 Å². The molecule has 1 unspecified atom stereocenters. The van der Waals surface area contributed by atoms with Gasteiger partial charge in [-0.15, -0.1) is 0 Å². The number of ether oxygens (including phenoxy) is 3. The highest BCUT2D eigenvalue weighted by Crippen LogP contribution is 2.17. The monoisotopic (exact) mass is 1110 g/mol. The average molecular weight is 1110 g/mol. The molecule has 0 saturated heterocycles. The zero-order valence-corrected chi connectivity index (χ0v) is 52.8. The molecule has 0 aliphatic heterocycles. The van der Waals surface area contributed by atoms with E-state index in [9.17, 15) is 14.4 Å². The van der Waals surface area contributed by atoms with Crippen LogP contribution in [0.3, 0.4) is 0 Å². The SMILES string of the molecule is CC/C=C\C/C=C\C/C=C\C/C=C\C/C=C\C/C=C\C/C=C\CCCCCC(=O)OCC(COC(=O)CCCCCCCCCCCCCCCCCCCC)OC(=O)CCCCCCCCCCC/C=C\CCCCCCCC. The summed E-state index contributed by atoms with van der Waals surface area (Å²) in [6, 6.07) is 0. The Hall–Kier alpha value is -3.67. The standard InChI is InChI=1S/C74H128O6/c1-4-7-10-13-16-19-22-25-28-31-34-35-36-37-38-39-41-43-46-49-52-55-58-61-64-67-73(76)79-70-71(69-78-72(75)66-63-60-57-54-51-48-45-42-33-30-27-24-21-18-15-12-9-6-3)80-74(77)68-65-62-59-56-53-50-47-44-40-32-29-26-23-20-17-14-11-8-5-2/h7,10,16,19,25-26,28-29,34-35,37-38,41,43,49,52,71H,4-6,8-9,11-15,17-18,20-24,27,30-33,36,39-40,42,44-48,50-51,53-70H2,1-3H3/b10-7-,19-16-,28-25-,29-26-,35-34-,38-37-,43-41-,52-49-. The number of carbonyl (C=O) groups excluding carboxylic acids is 3. The molecule has 0 spiro atoms. The summed E-state index contributed by atoms with van der Waals surface area (Å²) >= 11 is 0. The quantitative estimate of drug-likeness (QED) is 0.0261. The second kappa shape index (κ2) is 67.8. The van der Waals surface area contributed by atoms with Gasteiger partial charge in [-0.1, -0.05) is 311 Å². The Morgan fingerprint density at radius 1 is 0.263 bits per heavy atom. The zero-order chi connectivity index (χ0) is 57.8. The predicted octanol–water partition coefficient (Wildman–Crippen LogP) is 23.6. The van der Waals surface area contributed by atoms with Gasteiger partial charge in [-0.2, -0.15) is 0 Å². The van der Waals surface area contributed by atoms with Crippen LogP contribution in [0.4, 0.5) is 0 Å². The Bertz CT molecular complexity index is 1560. The van der Waals surface area contributed by atoms with Crippen LogP contribution in [0.2, 0.25) is 0 Å². The Labute approximate surface area is 496 Å². The highest BCUT2D eigenvalue weighted by Gasteiger charge is 2.19. The molecule has 0 aliphatic rings. The van der Waals surface area contributed by atoms with Crippen LogP contribution in [0, 0.1) is 0 Å². The maximum Gasteiger partial charge on any atom is 0.306 e. The Kier molecular flexibility index (Phi) is 64.7. The number of rotatable bonds is 62. The first-order valence-electron chi connectivity index (χ1n) is 34.2.